The number of hydrogen-bond acceptors (Lipinski definition) is 2. The van der Waals surface area contributed by atoms with E-state index in [2.05, 4.69) is 35.3 Å². The Bertz CT molecular complexity index is 389. The van der Waals surface area contributed by atoms with Crippen LogP contribution in [0.15, 0.2) is 0 Å². The number of amides is 2. The monoisotopic (exact) mass is 532 g/mol. The van der Waals surface area contributed by atoms with Gasteiger partial charge in [-0.1, -0.05) is 0 Å². The molecule has 0 aliphatic carbocycles. The topological polar surface area (TPSA) is 58.2 Å². The first-order valence-corrected chi connectivity index (χ1v) is 38.0. The first-order valence-electron chi connectivity index (χ1n) is 6.31. The van der Waals surface area contributed by atoms with Crippen molar-refractivity contribution in [3.05, 3.63) is 0 Å². The van der Waals surface area contributed by atoms with Gasteiger partial charge in [0.25, 0.3) is 0 Å². The number of carbonyl (C=O) groups excluding carboxylic acids is 2. The number of hydrogen-bond donors (Lipinski definition) is 2. The molecule has 0 spiro atoms. The Balaban J connectivity index is 3.26. The molecule has 4 nitrogen and oxygen atoms in total. The molecule has 1 rings (SSSR count). The van der Waals surface area contributed by atoms with Gasteiger partial charge in [0.15, 0.2) is 0 Å². The molecule has 2 amide bonds. The SMILES string of the molecule is C[CH](C)[Ti]1([CH](C)C)[Ti][Ti]([NH]C=O)[Ti][Ti]([Cl])([Cl])([NH]C=O)[Ti]1. The normalized spacial score (nSPS) is 24.4. The quantitative estimate of drug-likeness (QED) is 0.408. The van der Waals surface area contributed by atoms with Gasteiger partial charge in [0, 0.05) is 0 Å². The molecule has 0 aromatic rings. The summed E-state index contributed by atoms with van der Waals surface area (Å²) in [5.74, 6) is 0. The second kappa shape index (κ2) is 8.46. The average molecular weight is 532 g/mol. The van der Waals surface area contributed by atoms with Crippen molar-refractivity contribution in [2.45, 2.75) is 36.1 Å². The number of rotatable bonds is 6. The van der Waals surface area contributed by atoms with E-state index in [9.17, 15) is 9.59 Å². The predicted molar refractivity (Wildman–Crippen MR) is 60.3 cm³/mol. The summed E-state index contributed by atoms with van der Waals surface area (Å²) in [6.07, 6.45) is 1.63. The van der Waals surface area contributed by atoms with Crippen LogP contribution in [0.3, 0.4) is 0 Å². The fourth-order valence-corrected chi connectivity index (χ4v) is 484. The fraction of sp³-hybridized carbons (Fsp3) is 0.750. The van der Waals surface area contributed by atoms with E-state index in [0.717, 1.165) is 21.3 Å². The van der Waals surface area contributed by atoms with Crippen molar-refractivity contribution in [3.8, 4) is 0 Å². The van der Waals surface area contributed by atoms with Crippen molar-refractivity contribution in [1.82, 2.24) is 7.60 Å². The van der Waals surface area contributed by atoms with Crippen molar-refractivity contribution < 1.29 is 76.7 Å². The number of carbonyl (C=O) groups is 2. The van der Waals surface area contributed by atoms with E-state index in [0.29, 0.717) is 0 Å². The van der Waals surface area contributed by atoms with E-state index in [1.54, 1.807) is 0 Å². The molecule has 0 atom stereocenters. The zero-order chi connectivity index (χ0) is 15.6. The first-order chi connectivity index (χ1) is 9.08. The molecule has 0 aromatic heterocycles. The van der Waals surface area contributed by atoms with Crippen LogP contribution in [0.1, 0.15) is 27.7 Å². The Kier molecular flexibility index (Phi) is 9.24. The van der Waals surface area contributed by atoms with Crippen LogP contribution in [0.4, 0.5) is 0 Å². The van der Waals surface area contributed by atoms with E-state index < -0.39 is 54.4 Å². The van der Waals surface area contributed by atoms with Crippen LogP contribution in [-0.2, 0) is 76.7 Å². The molecule has 110 valence electrons. The van der Waals surface area contributed by atoms with Gasteiger partial charge in [0.05, 0.1) is 0 Å². The minimum absolute atomic E-state index is 0.00652. The van der Waals surface area contributed by atoms with Crippen LogP contribution in [0.2, 0.25) is 8.45 Å². The molecule has 20 heavy (non-hydrogen) atoms. The van der Waals surface area contributed by atoms with E-state index >= 15 is 0 Å². The molecular formula is C8H18Cl2N2O2Ti6. The van der Waals surface area contributed by atoms with Gasteiger partial charge >= 0.3 is 152 Å². The van der Waals surface area contributed by atoms with Crippen LogP contribution >= 0.6 is 18.6 Å². The standard InChI is InChI=1S/2C3H7.2CH3NO.2ClH.6Ti/c2*1-3-2;2*2-1-3;;;;;;;;/h2*3H,1-2H3;2*1H,(H2,2,3);2*1H;;;;;;/q;;;;;;;;;;+1;+3/p-4. The fourth-order valence-electron chi connectivity index (χ4n) is 2.43. The molecule has 0 unspecified atom stereocenters. The molecular weight excluding hydrogens is 514 g/mol. The molecule has 1 aliphatic heterocycles. The van der Waals surface area contributed by atoms with Gasteiger partial charge in [-0.3, -0.25) is 0 Å². The summed E-state index contributed by atoms with van der Waals surface area (Å²) in [4.78, 5) is 22.0. The van der Waals surface area contributed by atoms with Gasteiger partial charge in [-0.25, -0.2) is 0 Å². The van der Waals surface area contributed by atoms with E-state index in [4.69, 9.17) is 18.6 Å². The summed E-state index contributed by atoms with van der Waals surface area (Å²) in [6.45, 7) is 9.38. The van der Waals surface area contributed by atoms with E-state index in [1.165, 1.54) is 0 Å². The van der Waals surface area contributed by atoms with Crippen molar-refractivity contribution in [3.63, 3.8) is 0 Å². The molecule has 0 radical (unpaired) electrons. The maximum atomic E-state index is 11.1. The summed E-state index contributed by atoms with van der Waals surface area (Å²) in [5.41, 5.74) is 0. The van der Waals surface area contributed by atoms with Gasteiger partial charge in [-0.05, 0) is 0 Å². The van der Waals surface area contributed by atoms with Gasteiger partial charge in [-0.15, -0.1) is 0 Å². The van der Waals surface area contributed by atoms with Crippen LogP contribution < -0.4 is 7.60 Å². The second-order valence-electron chi connectivity index (χ2n) is 5.47. The van der Waals surface area contributed by atoms with Gasteiger partial charge in [0.1, 0.15) is 0 Å². The average Bonchev–Trinajstić information content (AvgIpc) is 2.26. The van der Waals surface area contributed by atoms with E-state index in [-0.39, 0.29) is 12.7 Å². The third kappa shape index (κ3) is 5.40. The third-order valence-corrected chi connectivity index (χ3v) is 215. The molecule has 0 saturated carbocycles. The molecule has 12 heteroatoms. The Morgan fingerprint density at radius 3 is 2.10 bits per heavy atom. The number of halogens is 2. The van der Waals surface area contributed by atoms with Crippen molar-refractivity contribution in [2.75, 3.05) is 0 Å². The zero-order valence-electron chi connectivity index (χ0n) is 11.9. The van der Waals surface area contributed by atoms with Crippen molar-refractivity contribution in [2.24, 2.45) is 0 Å². The van der Waals surface area contributed by atoms with Crippen LogP contribution in [-0.4, -0.2) is 12.8 Å². The van der Waals surface area contributed by atoms with Crippen molar-refractivity contribution >= 4 is 31.4 Å². The van der Waals surface area contributed by atoms with Gasteiger partial charge < -0.3 is 0 Å². The molecule has 1 fully saturated rings. The first kappa shape index (κ1) is 21.8. The second-order valence-corrected chi connectivity index (χ2v) is 103. The van der Waals surface area contributed by atoms with Crippen LogP contribution in [0.5, 0.6) is 0 Å². The molecule has 1 aliphatic rings. The molecule has 2 N–H and O–H groups in total. The Labute approximate surface area is 148 Å². The summed E-state index contributed by atoms with van der Waals surface area (Å²) in [6, 6.07) is 0. The van der Waals surface area contributed by atoms with E-state index in [1.807, 2.05) is 0 Å². The molecule has 1 saturated heterocycles. The zero-order valence-corrected chi connectivity index (χ0v) is 22.8. The Morgan fingerprint density at radius 2 is 1.70 bits per heavy atom. The summed E-state index contributed by atoms with van der Waals surface area (Å²) >= 11 is -2.45. The summed E-state index contributed by atoms with van der Waals surface area (Å²) in [5, 5.41) is 0. The van der Waals surface area contributed by atoms with Crippen LogP contribution in [0.25, 0.3) is 0 Å². The van der Waals surface area contributed by atoms with Crippen molar-refractivity contribution in [1.29, 1.82) is 0 Å². The van der Waals surface area contributed by atoms with Gasteiger partial charge in [0.2, 0.25) is 0 Å². The maximum absolute atomic E-state index is 11.1. The third-order valence-electron chi connectivity index (χ3n) is 3.44. The molecule has 0 bridgehead atoms. The Hall–Kier alpha value is 3.81. The summed E-state index contributed by atoms with van der Waals surface area (Å²) in [7, 11) is 8.27. The molecule has 0 aromatic carbocycles. The van der Waals surface area contributed by atoms with Crippen LogP contribution in [0, 0.1) is 0 Å². The minimum atomic E-state index is -3.70. The predicted octanol–water partition coefficient (Wildman–Crippen LogP) is 2.49. The summed E-state index contributed by atoms with van der Waals surface area (Å²) < 4.78 is 7.63. The van der Waals surface area contributed by atoms with Gasteiger partial charge in [-0.2, -0.15) is 0 Å². The number of nitrogens with one attached hydrogen (secondary N) is 2. The molecule has 1 heterocycles. The Morgan fingerprint density at radius 1 is 1.15 bits per heavy atom.